The van der Waals surface area contributed by atoms with E-state index in [-0.39, 0.29) is 5.92 Å². The maximum Gasteiger partial charge on any atom is 0.333 e. The molecule has 0 radical (unpaired) electrons. The molecule has 1 N–H and O–H groups in total. The van der Waals surface area contributed by atoms with E-state index >= 15 is 0 Å². The zero-order valence-electron chi connectivity index (χ0n) is 15.4. The second-order valence-electron chi connectivity index (χ2n) is 7.37. The summed E-state index contributed by atoms with van der Waals surface area (Å²) >= 11 is 0. The van der Waals surface area contributed by atoms with Gasteiger partial charge in [-0.3, -0.25) is 0 Å². The van der Waals surface area contributed by atoms with Crippen LogP contribution in [0.25, 0.3) is 0 Å². The van der Waals surface area contributed by atoms with Crippen molar-refractivity contribution in [1.29, 1.82) is 0 Å². The fourth-order valence-corrected chi connectivity index (χ4v) is 7.32. The Morgan fingerprint density at radius 1 is 1.22 bits per heavy atom. The molecule has 23 heavy (non-hydrogen) atoms. The third-order valence-corrected chi connectivity index (χ3v) is 7.82. The Hall–Kier alpha value is -0.749. The fraction of sp³-hybridized carbons (Fsp3) is 0.714. The molecule has 0 saturated heterocycles. The molecular weight excluding hydrogens is 348 g/mol. The van der Waals surface area contributed by atoms with Crippen LogP contribution < -0.4 is 0 Å². The van der Waals surface area contributed by atoms with Gasteiger partial charge in [-0.15, -0.1) is 0 Å². The molecule has 0 bridgehead atoms. The van der Waals surface area contributed by atoms with Gasteiger partial charge in [0.2, 0.25) is 15.2 Å². The third-order valence-electron chi connectivity index (χ3n) is 3.86. The predicted octanol–water partition coefficient (Wildman–Crippen LogP) is 0.739. The first kappa shape index (κ1) is 22.3. The number of esters is 1. The number of rotatable bonds is 9. The van der Waals surface area contributed by atoms with Gasteiger partial charge in [0.05, 0.1) is 0 Å². The van der Waals surface area contributed by atoms with E-state index in [0.29, 0.717) is 10.5 Å². The van der Waals surface area contributed by atoms with E-state index in [9.17, 15) is 9.59 Å². The van der Waals surface area contributed by atoms with Gasteiger partial charge in [-0.1, -0.05) is 27.7 Å². The van der Waals surface area contributed by atoms with Gasteiger partial charge < -0.3 is 18.4 Å². The van der Waals surface area contributed by atoms with Gasteiger partial charge in [-0.25, -0.2) is 9.59 Å². The number of hydrogen-bond donors (Lipinski definition) is 1. The molecule has 0 amide bonds. The number of carboxylic acid groups (broad SMARTS) is 1. The number of aliphatic carboxylic acids is 1. The van der Waals surface area contributed by atoms with Crippen LogP contribution in [0.4, 0.5) is 0 Å². The molecule has 0 fully saturated rings. The zero-order valence-corrected chi connectivity index (χ0v) is 19.8. The van der Waals surface area contributed by atoms with E-state index in [1.165, 1.54) is 0 Å². The topological polar surface area (TPSA) is 82.1 Å². The van der Waals surface area contributed by atoms with Crippen molar-refractivity contribution in [2.75, 3.05) is 0 Å². The molecule has 0 aliphatic rings. The molecule has 0 saturated carbocycles. The van der Waals surface area contributed by atoms with Gasteiger partial charge >= 0.3 is 11.9 Å². The lowest BCUT2D eigenvalue weighted by Crippen LogP contribution is -2.61. The van der Waals surface area contributed by atoms with Crippen molar-refractivity contribution in [3.05, 3.63) is 12.2 Å². The monoisotopic (exact) mass is 378 g/mol. The standard InChI is InChI=1S/C14H30O6Si3/c1-10(2)13(3,4)14(22-20-21,19-23(5,6)7)18-12(17)9-8-11(15)16/h8-10H,22H2,1-7,21H3,(H,15,16)/b9-8+. The Kier molecular flexibility index (Phi) is 8.11. The average molecular weight is 379 g/mol. The molecule has 0 aliphatic carbocycles. The molecule has 0 aromatic heterocycles. The zero-order chi connectivity index (χ0) is 18.5. The highest BCUT2D eigenvalue weighted by Crippen LogP contribution is 2.43. The largest absolute Gasteiger partial charge is 0.478 e. The lowest BCUT2D eigenvalue weighted by molar-refractivity contribution is -0.209. The fourth-order valence-electron chi connectivity index (χ4n) is 1.99. The van der Waals surface area contributed by atoms with Crippen molar-refractivity contribution in [3.63, 3.8) is 0 Å². The summed E-state index contributed by atoms with van der Waals surface area (Å²) in [7, 11) is -2.84. The molecule has 1 unspecified atom stereocenters. The second kappa shape index (κ2) is 8.38. The summed E-state index contributed by atoms with van der Waals surface area (Å²) in [5.41, 5.74) is -1.58. The highest BCUT2D eigenvalue weighted by Gasteiger charge is 2.53. The Morgan fingerprint density at radius 2 is 1.74 bits per heavy atom. The normalized spacial score (nSPS) is 16.3. The first-order valence-corrected chi connectivity index (χ1v) is 13.1. The Balaban J connectivity index is 5.82. The summed E-state index contributed by atoms with van der Waals surface area (Å²) in [4.78, 5) is 22.7. The first-order chi connectivity index (χ1) is 10.3. The van der Waals surface area contributed by atoms with E-state index in [1.54, 1.807) is 0 Å². The summed E-state index contributed by atoms with van der Waals surface area (Å²) in [5.74, 6) is -1.73. The van der Waals surface area contributed by atoms with Crippen LogP contribution in [-0.2, 0) is 22.9 Å². The van der Waals surface area contributed by atoms with Crippen molar-refractivity contribution in [1.82, 2.24) is 0 Å². The minimum Gasteiger partial charge on any atom is -0.478 e. The van der Waals surface area contributed by atoms with E-state index in [1.807, 2.05) is 47.3 Å². The smallest absolute Gasteiger partial charge is 0.333 e. The predicted molar refractivity (Wildman–Crippen MR) is 98.2 cm³/mol. The highest BCUT2D eigenvalue weighted by atomic mass is 28.4. The molecular formula is C14H30O6Si3. The van der Waals surface area contributed by atoms with Crippen LogP contribution in [-0.4, -0.2) is 51.0 Å². The summed E-state index contributed by atoms with van der Waals surface area (Å²) < 4.78 is 17.6. The van der Waals surface area contributed by atoms with Gasteiger partial charge in [0.25, 0.3) is 0 Å². The van der Waals surface area contributed by atoms with Crippen LogP contribution in [0, 0.1) is 11.3 Å². The summed E-state index contributed by atoms with van der Waals surface area (Å²) in [6.45, 7) is 14.2. The quantitative estimate of drug-likeness (QED) is 0.276. The molecule has 1 atom stereocenters. The van der Waals surface area contributed by atoms with Crippen LogP contribution in [0.1, 0.15) is 27.7 Å². The van der Waals surface area contributed by atoms with Crippen molar-refractivity contribution < 1.29 is 28.0 Å². The molecule has 0 aliphatic heterocycles. The molecule has 0 aromatic carbocycles. The number of hydrogen-bond acceptors (Lipinski definition) is 5. The summed E-state index contributed by atoms with van der Waals surface area (Å²) in [6.07, 6.45) is 1.69. The summed E-state index contributed by atoms with van der Waals surface area (Å²) in [5, 5.41) is 8.67. The molecule has 0 heterocycles. The van der Waals surface area contributed by atoms with Crippen LogP contribution in [0.3, 0.4) is 0 Å². The maximum atomic E-state index is 12.1. The highest BCUT2D eigenvalue weighted by molar-refractivity contribution is 6.70. The van der Waals surface area contributed by atoms with Crippen LogP contribution in [0.5, 0.6) is 0 Å². The molecule has 0 rings (SSSR count). The van der Waals surface area contributed by atoms with Gasteiger partial charge in [0.15, 0.2) is 8.32 Å². The average Bonchev–Trinajstić information content (AvgIpc) is 2.34. The second-order valence-corrected chi connectivity index (χ2v) is 15.3. The molecule has 6 nitrogen and oxygen atoms in total. The van der Waals surface area contributed by atoms with E-state index < -0.39 is 40.8 Å². The van der Waals surface area contributed by atoms with Gasteiger partial charge in [0, 0.05) is 17.6 Å². The number of carbonyl (C=O) groups excluding carboxylic acids is 1. The van der Waals surface area contributed by atoms with E-state index in [0.717, 1.165) is 12.2 Å². The third kappa shape index (κ3) is 6.71. The lowest BCUT2D eigenvalue weighted by atomic mass is 9.80. The molecule has 134 valence electrons. The minimum atomic E-state index is -2.04. The number of carboxylic acids is 1. The Labute approximate surface area is 145 Å². The van der Waals surface area contributed by atoms with Crippen molar-refractivity contribution in [3.8, 4) is 0 Å². The van der Waals surface area contributed by atoms with Crippen LogP contribution in [0.15, 0.2) is 12.2 Å². The number of ether oxygens (including phenoxy) is 1. The number of carbonyl (C=O) groups is 2. The van der Waals surface area contributed by atoms with E-state index in [2.05, 4.69) is 0 Å². The first-order valence-electron chi connectivity index (χ1n) is 7.60. The van der Waals surface area contributed by atoms with Crippen LogP contribution in [0.2, 0.25) is 19.6 Å². The maximum absolute atomic E-state index is 12.1. The molecule has 0 spiro atoms. The van der Waals surface area contributed by atoms with Gasteiger partial charge in [-0.05, 0) is 25.6 Å². The lowest BCUT2D eigenvalue weighted by Gasteiger charge is -2.49. The SMILES string of the molecule is CC(C)C(C)(C)C(OC(=O)/C=C/C(=O)O)(O[Si](C)(C)C)[SiH2]O[SiH3]. The Morgan fingerprint density at radius 3 is 2.09 bits per heavy atom. The Bertz CT molecular complexity index is 456. The van der Waals surface area contributed by atoms with Crippen LogP contribution >= 0.6 is 0 Å². The van der Waals surface area contributed by atoms with Crippen molar-refractivity contribution >= 4 is 40.5 Å². The molecule has 9 heteroatoms. The van der Waals surface area contributed by atoms with Crippen molar-refractivity contribution in [2.24, 2.45) is 11.3 Å². The van der Waals surface area contributed by atoms with E-state index in [4.69, 9.17) is 18.4 Å². The van der Waals surface area contributed by atoms with Gasteiger partial charge in [0.1, 0.15) is 10.5 Å². The minimum absolute atomic E-state index is 0.180. The summed E-state index contributed by atoms with van der Waals surface area (Å²) in [6, 6.07) is 0. The van der Waals surface area contributed by atoms with Gasteiger partial charge in [-0.2, -0.15) is 0 Å². The molecule has 0 aromatic rings. The van der Waals surface area contributed by atoms with Crippen molar-refractivity contribution in [2.45, 2.75) is 52.7 Å².